The first-order chi connectivity index (χ1) is 12.2. The van der Waals surface area contributed by atoms with Crippen molar-refractivity contribution in [1.29, 1.82) is 0 Å². The number of hydrogen-bond acceptors (Lipinski definition) is 8. The fourth-order valence-corrected chi connectivity index (χ4v) is 2.52. The maximum Gasteiger partial charge on any atom is 0.245 e. The molecule has 0 unspecified atom stereocenters. The van der Waals surface area contributed by atoms with Crippen LogP contribution in [0.25, 0.3) is 11.3 Å². The highest BCUT2D eigenvalue weighted by Gasteiger charge is 2.13. The summed E-state index contributed by atoms with van der Waals surface area (Å²) in [6, 6.07) is 14.5. The van der Waals surface area contributed by atoms with Crippen molar-refractivity contribution in [3.63, 3.8) is 0 Å². The van der Waals surface area contributed by atoms with E-state index in [4.69, 9.17) is 4.63 Å². The molecule has 8 nitrogen and oxygen atoms in total. The maximum atomic E-state index is 9.41. The van der Waals surface area contributed by atoms with Crippen LogP contribution in [0.15, 0.2) is 53.2 Å². The number of rotatable bonds is 4. The maximum absolute atomic E-state index is 9.41. The minimum atomic E-state index is 0.185. The van der Waals surface area contributed by atoms with Crippen molar-refractivity contribution < 1.29 is 9.74 Å². The highest BCUT2D eigenvalue weighted by atomic mass is 127. The van der Waals surface area contributed by atoms with Gasteiger partial charge in [0.15, 0.2) is 11.6 Å². The molecule has 4 aromatic rings. The SMILES string of the molecule is Oc1ccc(Nc2nc3nonc3nc2Nc2ccc(I)cc2)cc1. The first-order valence-electron chi connectivity index (χ1n) is 7.26. The van der Waals surface area contributed by atoms with Gasteiger partial charge in [0.25, 0.3) is 0 Å². The summed E-state index contributed by atoms with van der Waals surface area (Å²) >= 11 is 2.24. The monoisotopic (exact) mass is 446 g/mol. The lowest BCUT2D eigenvalue weighted by Crippen LogP contribution is -2.03. The number of aromatic nitrogens is 4. The van der Waals surface area contributed by atoms with Gasteiger partial charge < -0.3 is 15.7 Å². The number of benzene rings is 2. The molecule has 25 heavy (non-hydrogen) atoms. The zero-order valence-electron chi connectivity index (χ0n) is 12.6. The third kappa shape index (κ3) is 3.45. The Kier molecular flexibility index (Phi) is 4.06. The smallest absolute Gasteiger partial charge is 0.245 e. The fraction of sp³-hybridized carbons (Fsp3) is 0. The highest BCUT2D eigenvalue weighted by Crippen LogP contribution is 2.27. The number of nitrogens with one attached hydrogen (secondary N) is 2. The first-order valence-corrected chi connectivity index (χ1v) is 8.34. The fourth-order valence-electron chi connectivity index (χ4n) is 2.16. The lowest BCUT2D eigenvalue weighted by atomic mass is 10.3. The normalized spacial score (nSPS) is 10.8. The Morgan fingerprint density at radius 2 is 1.24 bits per heavy atom. The number of aromatic hydroxyl groups is 1. The Morgan fingerprint density at radius 1 is 0.760 bits per heavy atom. The minimum Gasteiger partial charge on any atom is -0.508 e. The Labute approximate surface area is 155 Å². The van der Waals surface area contributed by atoms with Crippen molar-refractivity contribution in [3.8, 4) is 5.75 Å². The van der Waals surface area contributed by atoms with Gasteiger partial charge in [-0.05, 0) is 81.4 Å². The van der Waals surface area contributed by atoms with Crippen LogP contribution in [-0.2, 0) is 0 Å². The molecule has 0 aliphatic carbocycles. The first kappa shape index (κ1) is 15.6. The zero-order valence-corrected chi connectivity index (χ0v) is 14.8. The van der Waals surface area contributed by atoms with E-state index in [2.05, 4.69) is 53.5 Å². The van der Waals surface area contributed by atoms with E-state index in [-0.39, 0.29) is 5.75 Å². The van der Waals surface area contributed by atoms with Crippen LogP contribution in [0.4, 0.5) is 23.0 Å². The number of hydrogen-bond donors (Lipinski definition) is 3. The summed E-state index contributed by atoms with van der Waals surface area (Å²) in [6.45, 7) is 0. The van der Waals surface area contributed by atoms with E-state index in [1.807, 2.05) is 24.3 Å². The summed E-state index contributed by atoms with van der Waals surface area (Å²) in [5.74, 6) is 1.13. The molecule has 0 saturated heterocycles. The van der Waals surface area contributed by atoms with Crippen LogP contribution in [0.5, 0.6) is 5.75 Å². The molecule has 0 fully saturated rings. The molecule has 2 aromatic carbocycles. The number of nitrogens with zero attached hydrogens (tertiary/aromatic N) is 4. The van der Waals surface area contributed by atoms with Gasteiger partial charge in [-0.1, -0.05) is 0 Å². The van der Waals surface area contributed by atoms with Crippen LogP contribution in [0.2, 0.25) is 0 Å². The Bertz CT molecular complexity index is 936. The quantitative estimate of drug-likeness (QED) is 0.321. The summed E-state index contributed by atoms with van der Waals surface area (Å²) in [4.78, 5) is 8.81. The molecule has 124 valence electrons. The van der Waals surface area contributed by atoms with Crippen LogP contribution >= 0.6 is 22.6 Å². The number of fused-ring (bicyclic) bond motifs is 1. The van der Waals surface area contributed by atoms with E-state index >= 15 is 0 Å². The van der Waals surface area contributed by atoms with Crippen LogP contribution in [0.3, 0.4) is 0 Å². The topological polar surface area (TPSA) is 109 Å². The molecule has 3 N–H and O–H groups in total. The van der Waals surface area contributed by atoms with Gasteiger partial charge in [0.2, 0.25) is 11.3 Å². The van der Waals surface area contributed by atoms with Crippen molar-refractivity contribution in [3.05, 3.63) is 52.1 Å². The average molecular weight is 446 g/mol. The van der Waals surface area contributed by atoms with Crippen LogP contribution in [0.1, 0.15) is 0 Å². The Morgan fingerprint density at radius 3 is 1.76 bits per heavy atom. The van der Waals surface area contributed by atoms with Crippen molar-refractivity contribution in [2.45, 2.75) is 0 Å². The van der Waals surface area contributed by atoms with Crippen molar-refractivity contribution in [1.82, 2.24) is 20.3 Å². The standard InChI is InChI=1S/C16H11IN6O2/c17-9-1-3-10(4-2-9)18-13-14(19-11-5-7-12(24)8-6-11)21-16-15(20-13)22-25-23-16/h1-8,24H,(H,18,20,22)(H,19,21,23). The van der Waals surface area contributed by atoms with Gasteiger partial charge in [0.1, 0.15) is 5.75 Å². The molecular formula is C16H11IN6O2. The van der Waals surface area contributed by atoms with Crippen LogP contribution < -0.4 is 10.6 Å². The molecule has 0 aliphatic heterocycles. The summed E-state index contributed by atoms with van der Waals surface area (Å²) in [5.41, 5.74) is 2.21. The third-order valence-electron chi connectivity index (χ3n) is 3.35. The Hall–Kier alpha value is -2.95. The molecule has 2 aromatic heterocycles. The summed E-state index contributed by atoms with van der Waals surface area (Å²) in [5, 5.41) is 23.2. The predicted octanol–water partition coefficient (Wildman–Crippen LogP) is 3.81. The number of halogens is 1. The molecule has 9 heteroatoms. The molecule has 0 radical (unpaired) electrons. The number of phenols is 1. The van der Waals surface area contributed by atoms with Gasteiger partial charge >= 0.3 is 0 Å². The van der Waals surface area contributed by atoms with Crippen LogP contribution in [-0.4, -0.2) is 25.4 Å². The summed E-state index contributed by atoms with van der Waals surface area (Å²) in [7, 11) is 0. The molecule has 0 amide bonds. The summed E-state index contributed by atoms with van der Waals surface area (Å²) < 4.78 is 5.82. The second-order valence-electron chi connectivity index (χ2n) is 5.14. The van der Waals surface area contributed by atoms with Crippen molar-refractivity contribution in [2.75, 3.05) is 10.6 Å². The van der Waals surface area contributed by atoms with Gasteiger partial charge in [-0.25, -0.2) is 14.6 Å². The lowest BCUT2D eigenvalue weighted by molar-refractivity contribution is 0.314. The predicted molar refractivity (Wildman–Crippen MR) is 101 cm³/mol. The summed E-state index contributed by atoms with van der Waals surface area (Å²) in [6.07, 6.45) is 0. The third-order valence-corrected chi connectivity index (χ3v) is 4.07. The van der Waals surface area contributed by atoms with E-state index in [0.717, 1.165) is 14.9 Å². The van der Waals surface area contributed by atoms with Crippen LogP contribution in [0, 0.1) is 3.57 Å². The van der Waals surface area contributed by atoms with Gasteiger partial charge in [0.05, 0.1) is 0 Å². The van der Waals surface area contributed by atoms with Gasteiger partial charge in [-0.3, -0.25) is 0 Å². The van der Waals surface area contributed by atoms with Gasteiger partial charge in [0, 0.05) is 14.9 Å². The molecule has 0 aliphatic rings. The van der Waals surface area contributed by atoms with E-state index < -0.39 is 0 Å². The molecule has 0 atom stereocenters. The molecule has 0 spiro atoms. The second kappa shape index (κ2) is 6.51. The molecule has 0 saturated carbocycles. The van der Waals surface area contributed by atoms with E-state index in [9.17, 15) is 5.11 Å². The number of anilines is 4. The highest BCUT2D eigenvalue weighted by molar-refractivity contribution is 14.1. The second-order valence-corrected chi connectivity index (χ2v) is 6.38. The van der Waals surface area contributed by atoms with Gasteiger partial charge in [-0.2, -0.15) is 0 Å². The minimum absolute atomic E-state index is 0.185. The Balaban J connectivity index is 1.72. The van der Waals surface area contributed by atoms with E-state index in [1.54, 1.807) is 24.3 Å². The molecule has 4 rings (SSSR count). The zero-order chi connectivity index (χ0) is 17.2. The molecular weight excluding hydrogens is 435 g/mol. The van der Waals surface area contributed by atoms with Gasteiger partial charge in [-0.15, -0.1) is 0 Å². The van der Waals surface area contributed by atoms with Crippen molar-refractivity contribution in [2.24, 2.45) is 0 Å². The van der Waals surface area contributed by atoms with Crippen molar-refractivity contribution >= 4 is 56.9 Å². The largest absolute Gasteiger partial charge is 0.508 e. The molecule has 2 heterocycles. The number of phenolic OH excluding ortho intramolecular Hbond substituents is 1. The lowest BCUT2D eigenvalue weighted by Gasteiger charge is -2.12. The average Bonchev–Trinajstić information content (AvgIpc) is 3.06. The van der Waals surface area contributed by atoms with E-state index in [1.165, 1.54) is 0 Å². The van der Waals surface area contributed by atoms with E-state index in [0.29, 0.717) is 22.9 Å². The molecule has 0 bridgehead atoms.